The molecule has 1 heterocycles. The molecule has 1 aromatic heterocycles. The van der Waals surface area contributed by atoms with Gasteiger partial charge in [0.15, 0.2) is 5.82 Å². The van der Waals surface area contributed by atoms with Crippen LogP contribution in [0.1, 0.15) is 37.7 Å². The Labute approximate surface area is 142 Å². The number of ether oxygens (including phenoxy) is 1. The monoisotopic (exact) mass is 322 g/mol. The molecule has 2 N–H and O–H groups in total. The Bertz CT molecular complexity index is 743. The van der Waals surface area contributed by atoms with E-state index in [1.807, 2.05) is 42.5 Å². The molecule has 0 aliphatic heterocycles. The average Bonchev–Trinajstić information content (AvgIpc) is 3.15. The van der Waals surface area contributed by atoms with E-state index in [4.69, 9.17) is 4.74 Å². The summed E-state index contributed by atoms with van der Waals surface area (Å²) in [7, 11) is 0. The van der Waals surface area contributed by atoms with Crippen molar-refractivity contribution in [2.75, 3.05) is 5.32 Å². The molecule has 0 spiro atoms. The number of H-pyrrole nitrogens is 1. The summed E-state index contributed by atoms with van der Waals surface area (Å²) in [5, 5.41) is 10.5. The van der Waals surface area contributed by atoms with Crippen LogP contribution in [0.25, 0.3) is 0 Å². The van der Waals surface area contributed by atoms with Crippen molar-refractivity contribution in [3.8, 4) is 5.75 Å². The first-order valence-electron chi connectivity index (χ1n) is 8.19. The van der Waals surface area contributed by atoms with E-state index in [0.29, 0.717) is 0 Å². The molecule has 0 amide bonds. The largest absolute Gasteiger partial charge is 0.491 e. The van der Waals surface area contributed by atoms with Gasteiger partial charge >= 0.3 is 0 Å². The maximum absolute atomic E-state index is 5.91. The Kier molecular flexibility index (Phi) is 5.11. The van der Waals surface area contributed by atoms with Crippen LogP contribution < -0.4 is 10.1 Å². The first-order chi connectivity index (χ1) is 11.8. The van der Waals surface area contributed by atoms with Gasteiger partial charge in [-0.1, -0.05) is 43.3 Å². The number of hydrogen-bond donors (Lipinski definition) is 2. The van der Waals surface area contributed by atoms with Gasteiger partial charge in [-0.15, -0.1) is 0 Å². The van der Waals surface area contributed by atoms with Gasteiger partial charge in [0.25, 0.3) is 0 Å². The number of hydrogen-bond acceptors (Lipinski definition) is 4. The lowest BCUT2D eigenvalue weighted by atomic mass is 10.1. The Morgan fingerprint density at radius 3 is 2.67 bits per heavy atom. The van der Waals surface area contributed by atoms with E-state index in [9.17, 15) is 0 Å². The molecule has 0 saturated heterocycles. The minimum Gasteiger partial charge on any atom is -0.491 e. The van der Waals surface area contributed by atoms with Crippen molar-refractivity contribution < 1.29 is 4.74 Å². The van der Waals surface area contributed by atoms with Crippen LogP contribution in [0.2, 0.25) is 0 Å². The van der Waals surface area contributed by atoms with E-state index in [1.165, 1.54) is 6.33 Å². The van der Waals surface area contributed by atoms with Crippen LogP contribution >= 0.6 is 0 Å². The number of nitrogens with zero attached hydrogens (tertiary/aromatic N) is 2. The van der Waals surface area contributed by atoms with Gasteiger partial charge in [0.1, 0.15) is 18.1 Å². The molecule has 2 unspecified atom stereocenters. The van der Waals surface area contributed by atoms with Gasteiger partial charge in [-0.05, 0) is 31.0 Å². The van der Waals surface area contributed by atoms with Gasteiger partial charge in [0.05, 0.1) is 6.10 Å². The second kappa shape index (κ2) is 7.64. The molecule has 0 radical (unpaired) electrons. The zero-order chi connectivity index (χ0) is 16.8. The second-order valence-corrected chi connectivity index (χ2v) is 5.72. The van der Waals surface area contributed by atoms with Gasteiger partial charge in [-0.2, -0.15) is 5.10 Å². The molecule has 0 fully saturated rings. The summed E-state index contributed by atoms with van der Waals surface area (Å²) in [6, 6.07) is 18.1. The lowest BCUT2D eigenvalue weighted by molar-refractivity contribution is 0.217. The summed E-state index contributed by atoms with van der Waals surface area (Å²) in [5.41, 5.74) is 2.09. The molecule has 124 valence electrons. The van der Waals surface area contributed by atoms with Gasteiger partial charge < -0.3 is 10.1 Å². The number of nitrogens with one attached hydrogen (secondary N) is 2. The van der Waals surface area contributed by atoms with Crippen LogP contribution in [0.4, 0.5) is 5.69 Å². The highest BCUT2D eigenvalue weighted by Crippen LogP contribution is 2.26. The van der Waals surface area contributed by atoms with Gasteiger partial charge in [0.2, 0.25) is 0 Å². The minimum absolute atomic E-state index is 0.104. The van der Waals surface area contributed by atoms with Crippen LogP contribution in [0, 0.1) is 0 Å². The predicted molar refractivity (Wildman–Crippen MR) is 95.1 cm³/mol. The fourth-order valence-corrected chi connectivity index (χ4v) is 2.45. The summed E-state index contributed by atoms with van der Waals surface area (Å²) >= 11 is 0. The summed E-state index contributed by atoms with van der Waals surface area (Å²) in [6.07, 6.45) is 2.69. The number of rotatable bonds is 7. The fraction of sp³-hybridized carbons (Fsp3) is 0.263. The smallest absolute Gasteiger partial charge is 0.151 e. The molecule has 3 rings (SSSR count). The number of benzene rings is 2. The van der Waals surface area contributed by atoms with Crippen molar-refractivity contribution in [1.29, 1.82) is 0 Å². The Hall–Kier alpha value is -2.82. The molecule has 0 aliphatic rings. The van der Waals surface area contributed by atoms with Crippen molar-refractivity contribution in [2.24, 2.45) is 0 Å². The molecule has 2 aromatic carbocycles. The van der Waals surface area contributed by atoms with E-state index < -0.39 is 0 Å². The molecule has 0 saturated carbocycles. The fourth-order valence-electron chi connectivity index (χ4n) is 2.45. The third-order valence-electron chi connectivity index (χ3n) is 3.90. The van der Waals surface area contributed by atoms with Crippen LogP contribution in [0.3, 0.4) is 0 Å². The van der Waals surface area contributed by atoms with E-state index in [2.05, 4.69) is 46.5 Å². The topological polar surface area (TPSA) is 62.8 Å². The third kappa shape index (κ3) is 3.93. The first kappa shape index (κ1) is 16.1. The highest BCUT2D eigenvalue weighted by Gasteiger charge is 2.17. The third-order valence-corrected chi connectivity index (χ3v) is 3.90. The molecule has 5 heteroatoms. The van der Waals surface area contributed by atoms with E-state index in [0.717, 1.165) is 29.2 Å². The van der Waals surface area contributed by atoms with Crippen LogP contribution in [0.15, 0.2) is 60.9 Å². The maximum atomic E-state index is 5.91. The molecule has 5 nitrogen and oxygen atoms in total. The van der Waals surface area contributed by atoms with Crippen LogP contribution in [-0.4, -0.2) is 21.3 Å². The predicted octanol–water partition coefficient (Wildman–Crippen LogP) is 4.18. The molecular weight excluding hydrogens is 300 g/mol. The lowest BCUT2D eigenvalue weighted by Crippen LogP contribution is -2.14. The number of aromatic amines is 1. The van der Waals surface area contributed by atoms with E-state index >= 15 is 0 Å². The van der Waals surface area contributed by atoms with Crippen molar-refractivity contribution >= 4 is 5.69 Å². The molecule has 24 heavy (non-hydrogen) atoms. The zero-order valence-electron chi connectivity index (χ0n) is 13.9. The van der Waals surface area contributed by atoms with Crippen molar-refractivity contribution in [1.82, 2.24) is 15.2 Å². The number of anilines is 1. The zero-order valence-corrected chi connectivity index (χ0v) is 13.9. The minimum atomic E-state index is -0.104. The van der Waals surface area contributed by atoms with Gasteiger partial charge in [0, 0.05) is 11.8 Å². The first-order valence-corrected chi connectivity index (χ1v) is 8.19. The summed E-state index contributed by atoms with van der Waals surface area (Å²) < 4.78 is 5.91. The Morgan fingerprint density at radius 1 is 1.12 bits per heavy atom. The standard InChI is InChI=1S/C19H22N4O/c1-3-14(2)24-17-11-7-10-16(12-17)22-18(19-20-13-21-23-19)15-8-5-4-6-9-15/h4-14,18,22H,3H2,1-2H3,(H,20,21,23). The lowest BCUT2D eigenvalue weighted by Gasteiger charge is -2.19. The normalized spacial score (nSPS) is 13.2. The van der Waals surface area contributed by atoms with Crippen molar-refractivity contribution in [3.05, 3.63) is 72.3 Å². The summed E-state index contributed by atoms with van der Waals surface area (Å²) in [5.74, 6) is 1.63. The molecule has 3 aromatic rings. The van der Waals surface area contributed by atoms with Crippen LogP contribution in [0.5, 0.6) is 5.75 Å². The molecule has 2 atom stereocenters. The van der Waals surface area contributed by atoms with Crippen molar-refractivity contribution in [2.45, 2.75) is 32.4 Å². The second-order valence-electron chi connectivity index (χ2n) is 5.72. The van der Waals surface area contributed by atoms with Gasteiger partial charge in [-0.25, -0.2) is 4.98 Å². The van der Waals surface area contributed by atoms with E-state index in [1.54, 1.807) is 0 Å². The Morgan fingerprint density at radius 2 is 1.96 bits per heavy atom. The Balaban J connectivity index is 1.84. The van der Waals surface area contributed by atoms with Crippen molar-refractivity contribution in [3.63, 3.8) is 0 Å². The average molecular weight is 322 g/mol. The van der Waals surface area contributed by atoms with Gasteiger partial charge in [-0.3, -0.25) is 5.10 Å². The maximum Gasteiger partial charge on any atom is 0.151 e. The molecular formula is C19H22N4O. The summed E-state index contributed by atoms with van der Waals surface area (Å²) in [6.45, 7) is 4.18. The summed E-state index contributed by atoms with van der Waals surface area (Å²) in [4.78, 5) is 4.31. The highest BCUT2D eigenvalue weighted by molar-refractivity contribution is 5.51. The quantitative estimate of drug-likeness (QED) is 0.685. The molecule has 0 aliphatic carbocycles. The SMILES string of the molecule is CCC(C)Oc1cccc(NC(c2ccccc2)c2ncn[nH]2)c1. The van der Waals surface area contributed by atoms with E-state index in [-0.39, 0.29) is 12.1 Å². The molecule has 0 bridgehead atoms. The highest BCUT2D eigenvalue weighted by atomic mass is 16.5. The number of aromatic nitrogens is 3. The van der Waals surface area contributed by atoms with Crippen LogP contribution in [-0.2, 0) is 0 Å².